The maximum atomic E-state index is 14.6. The molecule has 4 heteroatoms. The molecular formula is C84H55NO3. The zero-order chi connectivity index (χ0) is 58.7. The fourth-order valence-corrected chi connectivity index (χ4v) is 16.2. The Bertz CT molecular complexity index is 4930. The second-order valence-corrected chi connectivity index (χ2v) is 24.3. The number of hydrogen-bond donors (Lipinski definition) is 4. The van der Waals surface area contributed by atoms with Gasteiger partial charge in [0.2, 0.25) is 0 Å². The van der Waals surface area contributed by atoms with E-state index < -0.39 is 22.3 Å². The molecule has 0 aromatic heterocycles. The van der Waals surface area contributed by atoms with E-state index in [1.807, 2.05) is 91.0 Å². The van der Waals surface area contributed by atoms with Crippen LogP contribution in [0, 0.1) is 0 Å². The largest absolute Gasteiger partial charge is 0.376 e. The van der Waals surface area contributed by atoms with Crippen LogP contribution in [0.1, 0.15) is 66.8 Å². The molecule has 0 saturated heterocycles. The van der Waals surface area contributed by atoms with Gasteiger partial charge >= 0.3 is 0 Å². The third-order valence-electron chi connectivity index (χ3n) is 20.1. The van der Waals surface area contributed by atoms with Gasteiger partial charge < -0.3 is 21.1 Å². The molecule has 4 nitrogen and oxygen atoms in total. The van der Waals surface area contributed by atoms with Gasteiger partial charge in [-0.15, -0.1) is 0 Å². The quantitative estimate of drug-likeness (QED) is 0.120. The fourth-order valence-electron chi connectivity index (χ4n) is 16.2. The summed E-state index contributed by atoms with van der Waals surface area (Å²) >= 11 is 0. The summed E-state index contributed by atoms with van der Waals surface area (Å²) in [7, 11) is 0. The van der Waals surface area contributed by atoms with Gasteiger partial charge in [-0.1, -0.05) is 279 Å². The molecule has 0 spiro atoms. The molecule has 414 valence electrons. The molecule has 4 aliphatic carbocycles. The Labute approximate surface area is 510 Å². The zero-order valence-corrected chi connectivity index (χ0v) is 47.8. The first kappa shape index (κ1) is 50.7. The van der Waals surface area contributed by atoms with E-state index in [0.29, 0.717) is 0 Å². The van der Waals surface area contributed by atoms with Crippen LogP contribution in [0.5, 0.6) is 0 Å². The number of hydrogen-bond acceptors (Lipinski definition) is 4. The van der Waals surface area contributed by atoms with Gasteiger partial charge in [-0.3, -0.25) is 0 Å². The van der Waals surface area contributed by atoms with E-state index in [2.05, 4.69) is 212 Å². The van der Waals surface area contributed by atoms with Crippen LogP contribution in [0.2, 0.25) is 0 Å². The van der Waals surface area contributed by atoms with Crippen LogP contribution in [-0.2, 0) is 22.3 Å². The summed E-state index contributed by atoms with van der Waals surface area (Å²) in [6.07, 6.45) is 0. The molecule has 0 fully saturated rings. The van der Waals surface area contributed by atoms with E-state index in [1.54, 1.807) is 0 Å². The predicted molar refractivity (Wildman–Crippen MR) is 356 cm³/mol. The van der Waals surface area contributed by atoms with E-state index in [-0.39, 0.29) is 0 Å². The van der Waals surface area contributed by atoms with Crippen molar-refractivity contribution >= 4 is 21.5 Å². The van der Waals surface area contributed by atoms with Gasteiger partial charge in [-0.2, -0.15) is 0 Å². The first-order valence-electron chi connectivity index (χ1n) is 30.3. The first-order valence-corrected chi connectivity index (χ1v) is 30.3. The van der Waals surface area contributed by atoms with Gasteiger partial charge in [-0.25, -0.2) is 0 Å². The number of rotatable bonds is 7. The highest BCUT2D eigenvalue weighted by atomic mass is 16.3. The molecule has 14 aromatic rings. The van der Waals surface area contributed by atoms with Crippen molar-refractivity contribution in [3.05, 3.63) is 370 Å². The Kier molecular flexibility index (Phi) is 10.7. The molecule has 5 N–H and O–H groups in total. The second-order valence-electron chi connectivity index (χ2n) is 24.3. The summed E-state index contributed by atoms with van der Waals surface area (Å²) < 4.78 is 0. The van der Waals surface area contributed by atoms with Crippen molar-refractivity contribution in [1.82, 2.24) is 0 Å². The molecule has 1 atom stereocenters. The number of aliphatic hydroxyl groups is 3. The zero-order valence-electron chi connectivity index (χ0n) is 47.8. The van der Waals surface area contributed by atoms with Crippen LogP contribution in [0.25, 0.3) is 99.4 Å². The van der Waals surface area contributed by atoms with Crippen LogP contribution >= 0.6 is 0 Å². The first-order chi connectivity index (χ1) is 43.2. The Morgan fingerprint density at radius 1 is 0.205 bits per heavy atom. The summed E-state index contributed by atoms with van der Waals surface area (Å²) in [6.45, 7) is 0. The lowest BCUT2D eigenvalue weighted by Crippen LogP contribution is -2.37. The molecule has 0 radical (unpaired) electrons. The van der Waals surface area contributed by atoms with E-state index in [4.69, 9.17) is 5.73 Å². The molecule has 0 saturated carbocycles. The van der Waals surface area contributed by atoms with Gasteiger partial charge in [0.15, 0.2) is 0 Å². The van der Waals surface area contributed by atoms with Gasteiger partial charge in [0, 0.05) is 44.5 Å². The molecule has 88 heavy (non-hydrogen) atoms. The SMILES string of the molecule is NC1(c2ccc(-c3cc(-c4ccc(C5(O)c6ccccc6-c6ccccc65)cc4)cc(-c4ccc5c(c4)C(O)(c4c6ccccc6c(C6(O)c7ccccc7-c7ccccc76)c6ccccc46)c4ccccc4-5)c3)cc2)c2ccccc2-c2ccccc21. The van der Waals surface area contributed by atoms with Crippen molar-refractivity contribution in [3.8, 4) is 77.9 Å². The molecule has 0 aliphatic heterocycles. The van der Waals surface area contributed by atoms with E-state index in [9.17, 15) is 15.3 Å². The second kappa shape index (κ2) is 18.5. The molecule has 0 heterocycles. The van der Waals surface area contributed by atoms with Crippen molar-refractivity contribution in [2.24, 2.45) is 5.73 Å². The summed E-state index contributed by atoms with van der Waals surface area (Å²) in [6, 6.07) is 105. The standard InChI is InChI=1S/C84H55NO3/c85-81(71-30-12-5-19-59(71)60-20-6-13-31-72(60)81)57-42-37-51(38-43-57)54-47-55(52-39-44-58(45-40-52)82(86)73-32-14-7-21-61(73)62-22-8-15-33-74(62)82)49-56(48-54)53-41-46-66-65-25-11-18-36-77(65)84(88,78(66)50-53)80-69-28-3-1-26-67(69)79(68-27-2-4-29-70(68)80)83(87)75-34-16-9-23-63(75)64-24-10-17-35-76(64)83/h1-50,86-88H,85H2. The van der Waals surface area contributed by atoms with Gasteiger partial charge in [0.05, 0.1) is 5.54 Å². The normalized spacial score (nSPS) is 16.3. The van der Waals surface area contributed by atoms with Crippen molar-refractivity contribution in [2.45, 2.75) is 22.3 Å². The highest BCUT2D eigenvalue weighted by molar-refractivity contribution is 6.10. The highest BCUT2D eigenvalue weighted by Gasteiger charge is 2.50. The lowest BCUT2D eigenvalue weighted by molar-refractivity contribution is 0.130. The average molecular weight is 1130 g/mol. The highest BCUT2D eigenvalue weighted by Crippen LogP contribution is 2.60. The summed E-state index contributed by atoms with van der Waals surface area (Å²) in [5, 5.41) is 44.7. The van der Waals surface area contributed by atoms with Crippen LogP contribution < -0.4 is 5.73 Å². The van der Waals surface area contributed by atoms with Crippen molar-refractivity contribution in [2.75, 3.05) is 0 Å². The number of benzene rings is 14. The van der Waals surface area contributed by atoms with Crippen LogP contribution in [0.4, 0.5) is 0 Å². The molecule has 18 rings (SSSR count). The topological polar surface area (TPSA) is 86.7 Å². The number of fused-ring (bicyclic) bond motifs is 14. The van der Waals surface area contributed by atoms with Crippen molar-refractivity contribution < 1.29 is 15.3 Å². The molecule has 0 amide bonds. The molecular weight excluding hydrogens is 1070 g/mol. The minimum absolute atomic E-state index is 0.767. The Morgan fingerprint density at radius 3 is 0.841 bits per heavy atom. The summed E-state index contributed by atoms with van der Waals surface area (Å²) in [5.74, 6) is 0. The minimum Gasteiger partial charge on any atom is -0.376 e. The smallest absolute Gasteiger partial charge is 0.142 e. The predicted octanol–water partition coefficient (Wildman–Crippen LogP) is 18.0. The van der Waals surface area contributed by atoms with Crippen LogP contribution in [0.3, 0.4) is 0 Å². The minimum atomic E-state index is -1.65. The van der Waals surface area contributed by atoms with Crippen LogP contribution in [-0.4, -0.2) is 15.3 Å². The van der Waals surface area contributed by atoms with Gasteiger partial charge in [0.1, 0.15) is 16.8 Å². The molecule has 0 bridgehead atoms. The van der Waals surface area contributed by atoms with E-state index >= 15 is 0 Å². The molecule has 1 unspecified atom stereocenters. The van der Waals surface area contributed by atoms with Crippen molar-refractivity contribution in [1.29, 1.82) is 0 Å². The average Bonchev–Trinajstić information content (AvgIpc) is 2.24. The fraction of sp³-hybridized carbons (Fsp3) is 0.0476. The van der Waals surface area contributed by atoms with Gasteiger partial charge in [-0.05, 0) is 146 Å². The Morgan fingerprint density at radius 2 is 0.466 bits per heavy atom. The van der Waals surface area contributed by atoms with E-state index in [1.165, 1.54) is 0 Å². The monoisotopic (exact) mass is 1130 g/mol. The van der Waals surface area contributed by atoms with E-state index in [0.717, 1.165) is 166 Å². The summed E-state index contributed by atoms with van der Waals surface area (Å²) in [4.78, 5) is 0. The maximum absolute atomic E-state index is 14.6. The number of nitrogens with two attached hydrogens (primary N) is 1. The molecule has 4 aliphatic rings. The third kappa shape index (κ3) is 6.72. The third-order valence-corrected chi connectivity index (χ3v) is 20.1. The lowest BCUT2D eigenvalue weighted by atomic mass is 9.73. The van der Waals surface area contributed by atoms with Crippen molar-refractivity contribution in [3.63, 3.8) is 0 Å². The molecule has 14 aromatic carbocycles. The maximum Gasteiger partial charge on any atom is 0.142 e. The Balaban J connectivity index is 0.822. The van der Waals surface area contributed by atoms with Gasteiger partial charge in [0.25, 0.3) is 0 Å². The van der Waals surface area contributed by atoms with Crippen LogP contribution in [0.15, 0.2) is 303 Å². The lowest BCUT2D eigenvalue weighted by Gasteiger charge is -2.34. The summed E-state index contributed by atoms with van der Waals surface area (Å²) in [5.41, 5.74) is 27.1. The Hall–Kier alpha value is -10.6.